The van der Waals surface area contributed by atoms with Gasteiger partial charge in [0, 0.05) is 13.1 Å². The van der Waals surface area contributed by atoms with Gasteiger partial charge in [-0.05, 0) is 50.7 Å². The number of benzene rings is 1. The first-order valence-corrected chi connectivity index (χ1v) is 7.07. The minimum absolute atomic E-state index is 0.717. The maximum atomic E-state index is 5.30. The molecule has 1 unspecified atom stereocenters. The number of nitrogens with one attached hydrogen (secondary N) is 1. The molecular formula is C16H28N2O. The summed E-state index contributed by atoms with van der Waals surface area (Å²) in [6.07, 6.45) is 1.22. The van der Waals surface area contributed by atoms with Crippen LogP contribution in [0, 0.1) is 12.8 Å². The van der Waals surface area contributed by atoms with Crippen molar-refractivity contribution in [3.8, 4) is 5.75 Å². The molecule has 0 heterocycles. The van der Waals surface area contributed by atoms with Crippen molar-refractivity contribution in [1.82, 2.24) is 10.2 Å². The summed E-state index contributed by atoms with van der Waals surface area (Å²) < 4.78 is 5.30. The van der Waals surface area contributed by atoms with Gasteiger partial charge in [0.1, 0.15) is 5.75 Å². The third-order valence-electron chi connectivity index (χ3n) is 3.55. The van der Waals surface area contributed by atoms with Crippen LogP contribution in [0.3, 0.4) is 0 Å². The Bertz CT molecular complexity index is 379. The van der Waals surface area contributed by atoms with Crippen LogP contribution >= 0.6 is 0 Å². The summed E-state index contributed by atoms with van der Waals surface area (Å²) in [6.45, 7) is 7.56. The van der Waals surface area contributed by atoms with Crippen LogP contribution in [0.5, 0.6) is 5.75 Å². The quantitative estimate of drug-likeness (QED) is 0.781. The highest BCUT2D eigenvalue weighted by atomic mass is 16.5. The van der Waals surface area contributed by atoms with Crippen molar-refractivity contribution in [2.75, 3.05) is 34.3 Å². The van der Waals surface area contributed by atoms with E-state index in [4.69, 9.17) is 4.74 Å². The summed E-state index contributed by atoms with van der Waals surface area (Å²) in [5.74, 6) is 1.68. The fraction of sp³-hybridized carbons (Fsp3) is 0.625. The second-order valence-electron chi connectivity index (χ2n) is 5.33. The molecule has 0 bridgehead atoms. The molecule has 0 aliphatic heterocycles. The maximum Gasteiger partial charge on any atom is 0.121 e. The van der Waals surface area contributed by atoms with Crippen molar-refractivity contribution in [1.29, 1.82) is 0 Å². The topological polar surface area (TPSA) is 24.5 Å². The van der Waals surface area contributed by atoms with Crippen LogP contribution in [0.25, 0.3) is 0 Å². The molecule has 1 atom stereocenters. The van der Waals surface area contributed by atoms with Crippen molar-refractivity contribution < 1.29 is 4.74 Å². The lowest BCUT2D eigenvalue weighted by atomic mass is 10.1. The number of aryl methyl sites for hydroxylation is 1. The lowest BCUT2D eigenvalue weighted by Crippen LogP contribution is -2.30. The zero-order chi connectivity index (χ0) is 14.3. The molecule has 1 aromatic rings. The van der Waals surface area contributed by atoms with Gasteiger partial charge in [0.15, 0.2) is 0 Å². The predicted octanol–water partition coefficient (Wildman–Crippen LogP) is 2.68. The van der Waals surface area contributed by atoms with E-state index >= 15 is 0 Å². The van der Waals surface area contributed by atoms with Gasteiger partial charge < -0.3 is 15.0 Å². The number of nitrogens with zero attached hydrogens (tertiary/aromatic N) is 1. The molecule has 3 nitrogen and oxygen atoms in total. The largest absolute Gasteiger partial charge is 0.496 e. The van der Waals surface area contributed by atoms with E-state index in [1.807, 2.05) is 7.05 Å². The highest BCUT2D eigenvalue weighted by Crippen LogP contribution is 2.19. The van der Waals surface area contributed by atoms with E-state index in [2.05, 4.69) is 49.3 Å². The van der Waals surface area contributed by atoms with Gasteiger partial charge in [0.2, 0.25) is 0 Å². The van der Waals surface area contributed by atoms with E-state index in [0.29, 0.717) is 5.92 Å². The molecule has 0 saturated heterocycles. The van der Waals surface area contributed by atoms with Crippen LogP contribution in [-0.4, -0.2) is 39.2 Å². The molecule has 0 fully saturated rings. The predicted molar refractivity (Wildman–Crippen MR) is 81.8 cm³/mol. The van der Waals surface area contributed by atoms with Gasteiger partial charge in [-0.2, -0.15) is 0 Å². The van der Waals surface area contributed by atoms with Crippen molar-refractivity contribution in [2.45, 2.75) is 26.8 Å². The van der Waals surface area contributed by atoms with Crippen molar-refractivity contribution in [3.05, 3.63) is 29.3 Å². The molecule has 108 valence electrons. The Morgan fingerprint density at radius 3 is 2.63 bits per heavy atom. The molecule has 0 amide bonds. The average Bonchev–Trinajstić information content (AvgIpc) is 2.38. The van der Waals surface area contributed by atoms with Crippen molar-refractivity contribution >= 4 is 0 Å². The summed E-state index contributed by atoms with van der Waals surface area (Å²) in [4.78, 5) is 2.40. The number of ether oxygens (including phenoxy) is 1. The Labute approximate surface area is 118 Å². The standard InChI is InChI=1S/C16H28N2O/c1-6-14(10-17-3)11-18(4)12-15-7-8-16(19-5)13(2)9-15/h7-9,14,17H,6,10-12H2,1-5H3. The van der Waals surface area contributed by atoms with Gasteiger partial charge in [0.25, 0.3) is 0 Å². The Hall–Kier alpha value is -1.06. The zero-order valence-electron chi connectivity index (χ0n) is 13.0. The fourth-order valence-corrected chi connectivity index (χ4v) is 2.48. The van der Waals surface area contributed by atoms with Crippen molar-refractivity contribution in [3.63, 3.8) is 0 Å². The number of rotatable bonds is 8. The van der Waals surface area contributed by atoms with Gasteiger partial charge in [0.05, 0.1) is 7.11 Å². The molecule has 0 aliphatic carbocycles. The first-order chi connectivity index (χ1) is 9.10. The Morgan fingerprint density at radius 2 is 2.11 bits per heavy atom. The smallest absolute Gasteiger partial charge is 0.121 e. The molecule has 0 radical (unpaired) electrons. The van der Waals surface area contributed by atoms with E-state index in [-0.39, 0.29) is 0 Å². The monoisotopic (exact) mass is 264 g/mol. The molecule has 19 heavy (non-hydrogen) atoms. The Kier molecular flexibility index (Phi) is 6.89. The molecule has 0 aromatic heterocycles. The first kappa shape index (κ1) is 16.0. The molecule has 0 aliphatic rings. The van der Waals surface area contributed by atoms with Gasteiger partial charge in [-0.25, -0.2) is 0 Å². The van der Waals surface area contributed by atoms with E-state index in [1.54, 1.807) is 7.11 Å². The second-order valence-corrected chi connectivity index (χ2v) is 5.33. The summed E-state index contributed by atoms with van der Waals surface area (Å²) in [7, 11) is 5.94. The minimum atomic E-state index is 0.717. The van der Waals surface area contributed by atoms with E-state index in [1.165, 1.54) is 17.5 Å². The van der Waals surface area contributed by atoms with E-state index in [9.17, 15) is 0 Å². The first-order valence-electron chi connectivity index (χ1n) is 7.07. The number of hydrogen-bond donors (Lipinski definition) is 1. The number of methoxy groups -OCH3 is 1. The van der Waals surface area contributed by atoms with E-state index in [0.717, 1.165) is 25.4 Å². The van der Waals surface area contributed by atoms with Crippen LogP contribution in [0.15, 0.2) is 18.2 Å². The van der Waals surface area contributed by atoms with Crippen LogP contribution in [-0.2, 0) is 6.54 Å². The molecule has 0 spiro atoms. The summed E-state index contributed by atoms with van der Waals surface area (Å²) in [5, 5.41) is 3.27. The second kappa shape index (κ2) is 8.18. The van der Waals surface area contributed by atoms with Crippen LogP contribution < -0.4 is 10.1 Å². The Morgan fingerprint density at radius 1 is 1.37 bits per heavy atom. The molecular weight excluding hydrogens is 236 g/mol. The van der Waals surface area contributed by atoms with Gasteiger partial charge in [-0.1, -0.05) is 25.5 Å². The highest BCUT2D eigenvalue weighted by Gasteiger charge is 2.10. The third-order valence-corrected chi connectivity index (χ3v) is 3.55. The maximum absolute atomic E-state index is 5.30. The summed E-state index contributed by atoms with van der Waals surface area (Å²) in [6, 6.07) is 6.43. The summed E-state index contributed by atoms with van der Waals surface area (Å²) >= 11 is 0. The molecule has 1 N–H and O–H groups in total. The minimum Gasteiger partial charge on any atom is -0.496 e. The normalized spacial score (nSPS) is 12.7. The molecule has 0 saturated carbocycles. The SMILES string of the molecule is CCC(CNC)CN(C)Cc1ccc(OC)c(C)c1. The third kappa shape index (κ3) is 5.21. The van der Waals surface area contributed by atoms with Gasteiger partial charge in [-0.3, -0.25) is 0 Å². The van der Waals surface area contributed by atoms with Gasteiger partial charge >= 0.3 is 0 Å². The van der Waals surface area contributed by atoms with Crippen LogP contribution in [0.4, 0.5) is 0 Å². The lowest BCUT2D eigenvalue weighted by molar-refractivity contribution is 0.261. The molecule has 1 rings (SSSR count). The average molecular weight is 264 g/mol. The van der Waals surface area contributed by atoms with Crippen LogP contribution in [0.2, 0.25) is 0 Å². The van der Waals surface area contributed by atoms with Crippen LogP contribution in [0.1, 0.15) is 24.5 Å². The van der Waals surface area contributed by atoms with Crippen molar-refractivity contribution in [2.24, 2.45) is 5.92 Å². The molecule has 3 heteroatoms. The fourth-order valence-electron chi connectivity index (χ4n) is 2.48. The van der Waals surface area contributed by atoms with Gasteiger partial charge in [-0.15, -0.1) is 0 Å². The number of hydrogen-bond acceptors (Lipinski definition) is 3. The zero-order valence-corrected chi connectivity index (χ0v) is 13.0. The highest BCUT2D eigenvalue weighted by molar-refractivity contribution is 5.36. The Balaban J connectivity index is 2.56. The lowest BCUT2D eigenvalue weighted by Gasteiger charge is -2.23. The molecule has 1 aromatic carbocycles. The summed E-state index contributed by atoms with van der Waals surface area (Å²) in [5.41, 5.74) is 2.55. The van der Waals surface area contributed by atoms with E-state index < -0.39 is 0 Å².